The van der Waals surface area contributed by atoms with Gasteiger partial charge in [-0.25, -0.2) is 9.59 Å². The smallest absolute Gasteiger partial charge is 0.434 e. The lowest BCUT2D eigenvalue weighted by atomic mass is 10.3. The second kappa shape index (κ2) is 16.4. The Labute approximate surface area is 220 Å². The van der Waals surface area contributed by atoms with Crippen molar-refractivity contribution in [2.75, 3.05) is 0 Å². The molecule has 2 rings (SSSR count). The van der Waals surface area contributed by atoms with Crippen molar-refractivity contribution in [3.63, 3.8) is 0 Å². The van der Waals surface area contributed by atoms with Crippen LogP contribution >= 0.6 is 34.8 Å². The van der Waals surface area contributed by atoms with Crippen molar-refractivity contribution in [3.8, 4) is 0 Å². The van der Waals surface area contributed by atoms with E-state index in [-0.39, 0.29) is 13.2 Å². The highest BCUT2D eigenvalue weighted by Gasteiger charge is 2.11. The number of rotatable bonds is 5. The number of hydrogen-bond donors (Lipinski definition) is 1. The maximum absolute atomic E-state index is 11.1. The highest BCUT2D eigenvalue weighted by Crippen LogP contribution is 2.09. The lowest BCUT2D eigenvalue weighted by Crippen LogP contribution is -2.13. The topological polar surface area (TPSA) is 134 Å². The van der Waals surface area contributed by atoms with Crippen molar-refractivity contribution in [2.45, 2.75) is 79.7 Å². The van der Waals surface area contributed by atoms with E-state index in [1.807, 2.05) is 41.5 Å². The zero-order valence-electron chi connectivity index (χ0n) is 21.0. The molecule has 0 aliphatic carbocycles. The van der Waals surface area contributed by atoms with Gasteiger partial charge in [0, 0.05) is 11.6 Å². The van der Waals surface area contributed by atoms with Crippen molar-refractivity contribution in [3.05, 3.63) is 45.6 Å². The molecule has 2 heterocycles. The van der Waals surface area contributed by atoms with Gasteiger partial charge in [-0.05, 0) is 55.4 Å². The van der Waals surface area contributed by atoms with Crippen LogP contribution in [0.1, 0.15) is 59.4 Å². The molecule has 0 amide bonds. The monoisotopic (exact) mass is 552 g/mol. The summed E-state index contributed by atoms with van der Waals surface area (Å²) in [7, 11) is 0. The van der Waals surface area contributed by atoms with E-state index in [1.54, 1.807) is 0 Å². The Morgan fingerprint density at radius 3 is 1.51 bits per heavy atom. The Balaban J connectivity index is 0.000000550. The van der Waals surface area contributed by atoms with Crippen molar-refractivity contribution in [1.29, 1.82) is 0 Å². The van der Waals surface area contributed by atoms with Gasteiger partial charge in [0.2, 0.25) is 0 Å². The maximum atomic E-state index is 11.1. The van der Waals surface area contributed by atoms with Crippen LogP contribution in [0, 0.1) is 41.5 Å². The van der Waals surface area contributed by atoms with Gasteiger partial charge < -0.3 is 19.3 Å². The Bertz CT molecular complexity index is 990. The first kappa shape index (κ1) is 32.7. The summed E-state index contributed by atoms with van der Waals surface area (Å²) >= 11 is 15.4. The molecule has 13 heteroatoms. The predicted octanol–water partition coefficient (Wildman–Crippen LogP) is 5.48. The number of aliphatic hydroxyl groups is 1. The van der Waals surface area contributed by atoms with Crippen LogP contribution in [0.3, 0.4) is 0 Å². The van der Waals surface area contributed by atoms with E-state index in [4.69, 9.17) is 44.6 Å². The molecule has 0 fully saturated rings. The van der Waals surface area contributed by atoms with E-state index in [0.717, 1.165) is 34.2 Å². The number of aromatic nitrogens is 4. The van der Waals surface area contributed by atoms with Crippen LogP contribution in [-0.4, -0.2) is 47.8 Å². The minimum atomic E-state index is -0.873. The summed E-state index contributed by atoms with van der Waals surface area (Å²) in [6, 6.07) is 0. The van der Waals surface area contributed by atoms with Crippen LogP contribution in [0.2, 0.25) is 0 Å². The number of halogens is 3. The number of aliphatic hydroxyl groups excluding tert-OH is 1. The summed E-state index contributed by atoms with van der Waals surface area (Å²) in [4.78, 5) is 37.8. The van der Waals surface area contributed by atoms with Crippen LogP contribution in [0.5, 0.6) is 0 Å². The highest BCUT2D eigenvalue weighted by atomic mass is 35.5. The SMILES string of the molecule is CC(Cl)OC(=O)Cl.Cc1nc(C)c(CO)nc1C.Cc1nc(C)c(COC(=O)OC(C)Cl)nc1C. The van der Waals surface area contributed by atoms with Gasteiger partial charge in [-0.15, -0.1) is 0 Å². The molecule has 0 aliphatic heterocycles. The maximum Gasteiger partial charge on any atom is 0.510 e. The van der Waals surface area contributed by atoms with Crippen molar-refractivity contribution in [1.82, 2.24) is 19.9 Å². The molecular weight excluding hydrogens is 523 g/mol. The molecule has 0 aromatic carbocycles. The molecule has 0 radical (unpaired) electrons. The highest BCUT2D eigenvalue weighted by molar-refractivity contribution is 6.61. The Morgan fingerprint density at radius 1 is 0.743 bits per heavy atom. The summed E-state index contributed by atoms with van der Waals surface area (Å²) in [6.07, 6.45) is -0.813. The first-order chi connectivity index (χ1) is 16.2. The van der Waals surface area contributed by atoms with E-state index >= 15 is 0 Å². The third-order valence-corrected chi connectivity index (χ3v) is 4.42. The largest absolute Gasteiger partial charge is 0.510 e. The quantitative estimate of drug-likeness (QED) is 0.288. The number of aryl methyl sites for hydroxylation is 6. The second-order valence-corrected chi connectivity index (χ2v) is 8.65. The third kappa shape index (κ3) is 14.0. The zero-order chi connectivity index (χ0) is 27.3. The molecule has 2 unspecified atom stereocenters. The molecule has 0 spiro atoms. The molecule has 0 aliphatic rings. The van der Waals surface area contributed by atoms with Gasteiger partial charge in [-0.2, -0.15) is 0 Å². The first-order valence-corrected chi connectivity index (χ1v) is 11.6. The molecule has 2 atom stereocenters. The summed E-state index contributed by atoms with van der Waals surface area (Å²) < 4.78 is 13.6. The van der Waals surface area contributed by atoms with Crippen LogP contribution in [0.25, 0.3) is 0 Å². The Morgan fingerprint density at radius 2 is 1.14 bits per heavy atom. The average molecular weight is 554 g/mol. The average Bonchev–Trinajstić information content (AvgIpc) is 2.72. The fourth-order valence-electron chi connectivity index (χ4n) is 2.23. The van der Waals surface area contributed by atoms with E-state index in [1.165, 1.54) is 13.8 Å². The third-order valence-electron chi connectivity index (χ3n) is 4.15. The number of nitrogens with zero attached hydrogens (tertiary/aromatic N) is 4. The minimum absolute atomic E-state index is 0.0278. The molecule has 1 N–H and O–H groups in total. The van der Waals surface area contributed by atoms with Gasteiger partial charge in [-0.1, -0.05) is 23.2 Å². The van der Waals surface area contributed by atoms with Crippen molar-refractivity contribution >= 4 is 46.4 Å². The first-order valence-electron chi connectivity index (χ1n) is 10.4. The number of carbonyl (C=O) groups excluding carboxylic acids is 2. The lowest BCUT2D eigenvalue weighted by Gasteiger charge is -2.09. The number of alkyl halides is 2. The van der Waals surface area contributed by atoms with Crippen LogP contribution in [-0.2, 0) is 27.4 Å². The molecular formula is C22H31Cl3N4O6. The van der Waals surface area contributed by atoms with Crippen LogP contribution < -0.4 is 0 Å². The Kier molecular flexibility index (Phi) is 15.3. The van der Waals surface area contributed by atoms with Gasteiger partial charge in [-0.3, -0.25) is 19.9 Å². The molecule has 10 nitrogen and oxygen atoms in total. The number of carbonyl (C=O) groups is 2. The normalized spacial score (nSPS) is 11.7. The lowest BCUT2D eigenvalue weighted by molar-refractivity contribution is 0.0434. The van der Waals surface area contributed by atoms with Crippen molar-refractivity contribution in [2.24, 2.45) is 0 Å². The summed E-state index contributed by atoms with van der Waals surface area (Å²) in [5.74, 6) is 0. The fraction of sp³-hybridized carbons (Fsp3) is 0.545. The van der Waals surface area contributed by atoms with Gasteiger partial charge in [0.1, 0.15) is 6.61 Å². The zero-order valence-corrected chi connectivity index (χ0v) is 23.2. The second-order valence-electron chi connectivity index (χ2n) is 7.11. The van der Waals surface area contributed by atoms with E-state index in [9.17, 15) is 9.59 Å². The summed E-state index contributed by atoms with van der Waals surface area (Å²) in [5.41, 5.74) is 4.12. The van der Waals surface area contributed by atoms with Crippen molar-refractivity contribution < 1.29 is 28.9 Å². The molecule has 2 aromatic heterocycles. The molecule has 0 saturated carbocycles. The standard InChI is InChI=1S/C11H15ClN2O3.C8H12N2O.C3H4Cl2O2/c1-6-7(2)14-10(8(3)13-6)5-16-11(15)17-9(4)12;1-5-6(2)10-8(4-11)7(3)9-5;1-2(4)7-3(5)6/h9H,5H2,1-4H3;11H,4H2,1-3H3;2H,1H3. The van der Waals surface area contributed by atoms with E-state index in [2.05, 4.69) is 29.4 Å². The van der Waals surface area contributed by atoms with E-state index < -0.39 is 22.7 Å². The molecule has 35 heavy (non-hydrogen) atoms. The fourth-order valence-corrected chi connectivity index (χ4v) is 2.56. The van der Waals surface area contributed by atoms with Crippen LogP contribution in [0.4, 0.5) is 9.59 Å². The van der Waals surface area contributed by atoms with E-state index in [0.29, 0.717) is 11.4 Å². The molecule has 2 aromatic rings. The van der Waals surface area contributed by atoms with Gasteiger partial charge in [0.15, 0.2) is 11.1 Å². The molecule has 0 saturated heterocycles. The van der Waals surface area contributed by atoms with Gasteiger partial charge >= 0.3 is 11.6 Å². The minimum Gasteiger partial charge on any atom is -0.434 e. The van der Waals surface area contributed by atoms with Crippen LogP contribution in [0.15, 0.2) is 0 Å². The Hall–Kier alpha value is -2.27. The predicted molar refractivity (Wildman–Crippen MR) is 133 cm³/mol. The number of ether oxygens (including phenoxy) is 3. The molecule has 196 valence electrons. The number of hydrogen-bond acceptors (Lipinski definition) is 10. The van der Waals surface area contributed by atoms with Gasteiger partial charge in [0.25, 0.3) is 0 Å². The molecule has 0 bridgehead atoms. The van der Waals surface area contributed by atoms with Gasteiger partial charge in [0.05, 0.1) is 52.2 Å². The summed E-state index contributed by atoms with van der Waals surface area (Å²) in [6.45, 7) is 14.2. The summed E-state index contributed by atoms with van der Waals surface area (Å²) in [5, 5.41) is 8.83.